The maximum absolute atomic E-state index is 4.06. The molecule has 0 radical (unpaired) electrons. The quantitative estimate of drug-likeness (QED) is 0.678. The molecule has 2 heterocycles. The van der Waals surface area contributed by atoms with E-state index in [1.54, 1.807) is 6.20 Å². The zero-order chi connectivity index (χ0) is 8.39. The third-order valence-corrected chi connectivity index (χ3v) is 1.91. The van der Waals surface area contributed by atoms with Crippen LogP contribution < -0.4 is 0 Å². The first-order chi connectivity index (χ1) is 5.88. The van der Waals surface area contributed by atoms with Gasteiger partial charge in [-0.1, -0.05) is 0 Å². The average Bonchev–Trinajstić information content (AvgIpc) is 2.53. The number of nitrogens with zero attached hydrogens (tertiary/aromatic N) is 1. The number of aryl methyl sites for hydroxylation is 1. The molecule has 2 aromatic rings. The van der Waals surface area contributed by atoms with Crippen LogP contribution in [0.3, 0.4) is 0 Å². The molecule has 12 heavy (non-hydrogen) atoms. The van der Waals surface area contributed by atoms with Gasteiger partial charge in [0.25, 0.3) is 0 Å². The smallest absolute Gasteiger partial charge is 0.0499 e. The van der Waals surface area contributed by atoms with Crippen LogP contribution in [0.2, 0.25) is 0 Å². The summed E-state index contributed by atoms with van der Waals surface area (Å²) in [6.45, 7) is 2.08. The summed E-state index contributed by atoms with van der Waals surface area (Å²) in [6.07, 6.45) is 5.58. The van der Waals surface area contributed by atoms with Crippen LogP contribution in [0.25, 0.3) is 11.3 Å². The minimum atomic E-state index is 1.14. The van der Waals surface area contributed by atoms with E-state index in [1.165, 1.54) is 5.56 Å². The summed E-state index contributed by atoms with van der Waals surface area (Å²) in [5.74, 6) is 0. The monoisotopic (exact) mass is 158 g/mol. The van der Waals surface area contributed by atoms with Gasteiger partial charge in [-0.15, -0.1) is 0 Å². The lowest BCUT2D eigenvalue weighted by molar-refractivity contribution is 1.30. The fourth-order valence-electron chi connectivity index (χ4n) is 1.27. The maximum Gasteiger partial charge on any atom is 0.0499 e. The van der Waals surface area contributed by atoms with Crippen LogP contribution in [-0.2, 0) is 0 Å². The Hall–Kier alpha value is -1.57. The first-order valence-corrected chi connectivity index (χ1v) is 3.92. The molecule has 0 aliphatic heterocycles. The second-order valence-corrected chi connectivity index (χ2v) is 2.78. The predicted molar refractivity (Wildman–Crippen MR) is 48.8 cm³/mol. The van der Waals surface area contributed by atoms with E-state index in [4.69, 9.17) is 0 Å². The molecule has 0 aliphatic rings. The zero-order valence-electron chi connectivity index (χ0n) is 6.91. The molecule has 2 aromatic heterocycles. The van der Waals surface area contributed by atoms with Crippen LogP contribution in [-0.4, -0.2) is 9.97 Å². The van der Waals surface area contributed by atoms with Crippen LogP contribution in [0.15, 0.2) is 36.8 Å². The minimum absolute atomic E-state index is 1.14. The highest BCUT2D eigenvalue weighted by Crippen LogP contribution is 2.19. The molecule has 0 spiro atoms. The second kappa shape index (κ2) is 2.81. The Labute approximate surface area is 71.3 Å². The third kappa shape index (κ3) is 1.11. The number of aromatic amines is 1. The Morgan fingerprint density at radius 2 is 2.25 bits per heavy atom. The number of hydrogen-bond donors (Lipinski definition) is 1. The van der Waals surface area contributed by atoms with Gasteiger partial charge in [0.2, 0.25) is 0 Å². The minimum Gasteiger partial charge on any atom is -0.361 e. The Bertz CT molecular complexity index is 362. The van der Waals surface area contributed by atoms with E-state index in [0.29, 0.717) is 0 Å². The predicted octanol–water partition coefficient (Wildman–Crippen LogP) is 2.39. The highest BCUT2D eigenvalue weighted by atomic mass is 14.7. The van der Waals surface area contributed by atoms with Crippen LogP contribution in [0.4, 0.5) is 0 Å². The van der Waals surface area contributed by atoms with E-state index in [9.17, 15) is 0 Å². The van der Waals surface area contributed by atoms with Gasteiger partial charge in [0.1, 0.15) is 0 Å². The summed E-state index contributed by atoms with van der Waals surface area (Å²) in [6, 6.07) is 6.05. The Balaban J connectivity index is 2.51. The SMILES string of the molecule is Cc1cc[nH]c1-c1cccnc1. The molecule has 0 saturated carbocycles. The summed E-state index contributed by atoms with van der Waals surface area (Å²) in [4.78, 5) is 7.24. The summed E-state index contributed by atoms with van der Waals surface area (Å²) in [5.41, 5.74) is 3.55. The van der Waals surface area contributed by atoms with Crippen LogP contribution >= 0.6 is 0 Å². The molecule has 2 heteroatoms. The van der Waals surface area contributed by atoms with E-state index in [0.717, 1.165) is 11.3 Å². The van der Waals surface area contributed by atoms with Crippen LogP contribution in [0.5, 0.6) is 0 Å². The van der Waals surface area contributed by atoms with Gasteiger partial charge in [0.05, 0.1) is 0 Å². The van der Waals surface area contributed by atoms with Gasteiger partial charge in [0, 0.05) is 29.8 Å². The van der Waals surface area contributed by atoms with Crippen molar-refractivity contribution in [1.82, 2.24) is 9.97 Å². The summed E-state index contributed by atoms with van der Waals surface area (Å²) >= 11 is 0. The van der Waals surface area contributed by atoms with Gasteiger partial charge < -0.3 is 4.98 Å². The molecular weight excluding hydrogens is 148 g/mol. The van der Waals surface area contributed by atoms with E-state index in [2.05, 4.69) is 23.0 Å². The van der Waals surface area contributed by atoms with Crippen molar-refractivity contribution in [2.45, 2.75) is 6.92 Å². The molecule has 0 bridgehead atoms. The van der Waals surface area contributed by atoms with Gasteiger partial charge >= 0.3 is 0 Å². The van der Waals surface area contributed by atoms with Crippen molar-refractivity contribution in [3.63, 3.8) is 0 Å². The van der Waals surface area contributed by atoms with E-state index in [1.807, 2.05) is 24.5 Å². The molecule has 0 atom stereocenters. The number of hydrogen-bond acceptors (Lipinski definition) is 1. The first kappa shape index (κ1) is 7.10. The van der Waals surface area contributed by atoms with E-state index in [-0.39, 0.29) is 0 Å². The van der Waals surface area contributed by atoms with Crippen molar-refractivity contribution < 1.29 is 0 Å². The van der Waals surface area contributed by atoms with E-state index < -0.39 is 0 Å². The van der Waals surface area contributed by atoms with Crippen molar-refractivity contribution in [2.75, 3.05) is 0 Å². The van der Waals surface area contributed by atoms with E-state index >= 15 is 0 Å². The molecule has 0 aliphatic carbocycles. The van der Waals surface area contributed by atoms with Crippen LogP contribution in [0.1, 0.15) is 5.56 Å². The molecule has 1 N–H and O–H groups in total. The fraction of sp³-hybridized carbons (Fsp3) is 0.100. The van der Waals surface area contributed by atoms with Crippen molar-refractivity contribution in [2.24, 2.45) is 0 Å². The highest BCUT2D eigenvalue weighted by molar-refractivity contribution is 5.61. The Morgan fingerprint density at radius 1 is 1.33 bits per heavy atom. The third-order valence-electron chi connectivity index (χ3n) is 1.91. The highest BCUT2D eigenvalue weighted by Gasteiger charge is 2.00. The van der Waals surface area contributed by atoms with Gasteiger partial charge in [0.15, 0.2) is 0 Å². The molecular formula is C10H10N2. The van der Waals surface area contributed by atoms with Crippen LogP contribution in [0, 0.1) is 6.92 Å². The summed E-state index contributed by atoms with van der Waals surface area (Å²) < 4.78 is 0. The standard InChI is InChI=1S/C10H10N2/c1-8-4-6-12-10(8)9-3-2-5-11-7-9/h2-7,12H,1H3. The van der Waals surface area contributed by atoms with Gasteiger partial charge in [-0.05, 0) is 30.7 Å². The number of pyridine rings is 1. The summed E-state index contributed by atoms with van der Waals surface area (Å²) in [7, 11) is 0. The van der Waals surface area contributed by atoms with Crippen molar-refractivity contribution >= 4 is 0 Å². The topological polar surface area (TPSA) is 28.7 Å². The number of nitrogens with one attached hydrogen (secondary N) is 1. The Kier molecular flexibility index (Phi) is 1.67. The fourth-order valence-corrected chi connectivity index (χ4v) is 1.27. The van der Waals surface area contributed by atoms with Crippen molar-refractivity contribution in [1.29, 1.82) is 0 Å². The molecule has 0 aromatic carbocycles. The molecule has 60 valence electrons. The molecule has 0 fully saturated rings. The van der Waals surface area contributed by atoms with Gasteiger partial charge in [-0.3, -0.25) is 4.98 Å². The first-order valence-electron chi connectivity index (χ1n) is 3.92. The molecule has 2 nitrogen and oxygen atoms in total. The lowest BCUT2D eigenvalue weighted by Gasteiger charge is -1.97. The summed E-state index contributed by atoms with van der Waals surface area (Å²) in [5, 5.41) is 0. The largest absolute Gasteiger partial charge is 0.361 e. The molecule has 0 unspecified atom stereocenters. The Morgan fingerprint density at radius 3 is 2.83 bits per heavy atom. The van der Waals surface area contributed by atoms with Gasteiger partial charge in [-0.25, -0.2) is 0 Å². The number of aromatic nitrogens is 2. The van der Waals surface area contributed by atoms with Crippen molar-refractivity contribution in [3.8, 4) is 11.3 Å². The number of rotatable bonds is 1. The van der Waals surface area contributed by atoms with Crippen molar-refractivity contribution in [3.05, 3.63) is 42.4 Å². The normalized spacial score (nSPS) is 10.1. The number of H-pyrrole nitrogens is 1. The maximum atomic E-state index is 4.06. The zero-order valence-corrected chi connectivity index (χ0v) is 6.91. The van der Waals surface area contributed by atoms with Gasteiger partial charge in [-0.2, -0.15) is 0 Å². The lowest BCUT2D eigenvalue weighted by Crippen LogP contribution is -1.80. The molecule has 0 amide bonds. The molecule has 2 rings (SSSR count). The molecule has 0 saturated heterocycles. The lowest BCUT2D eigenvalue weighted by atomic mass is 10.1. The average molecular weight is 158 g/mol. The second-order valence-electron chi connectivity index (χ2n) is 2.78.